The Bertz CT molecular complexity index is 674. The predicted molar refractivity (Wildman–Crippen MR) is 108 cm³/mol. The molecule has 3 heteroatoms. The number of anilines is 1. The van der Waals surface area contributed by atoms with Gasteiger partial charge in [-0.2, -0.15) is 5.26 Å². The molecule has 2 atom stereocenters. The molecule has 1 fully saturated rings. The van der Waals surface area contributed by atoms with E-state index < -0.39 is 0 Å². The second kappa shape index (κ2) is 7.91. The Labute approximate surface area is 159 Å². The van der Waals surface area contributed by atoms with E-state index in [0.717, 1.165) is 24.9 Å². The van der Waals surface area contributed by atoms with Crippen molar-refractivity contribution in [3.8, 4) is 11.8 Å². The zero-order chi connectivity index (χ0) is 18.7. The Morgan fingerprint density at radius 3 is 2.81 bits per heavy atom. The number of benzene rings is 1. The number of rotatable bonds is 7. The summed E-state index contributed by atoms with van der Waals surface area (Å²) in [7, 11) is 0. The van der Waals surface area contributed by atoms with Crippen molar-refractivity contribution in [3.05, 3.63) is 23.3 Å². The molecule has 2 heterocycles. The number of phenolic OH excluding ortho intramolecular Hbond substituents is 1. The summed E-state index contributed by atoms with van der Waals surface area (Å²) < 4.78 is 0. The van der Waals surface area contributed by atoms with Crippen molar-refractivity contribution in [3.63, 3.8) is 0 Å². The first-order valence-electron chi connectivity index (χ1n) is 10.5. The molecule has 1 N–H and O–H groups in total. The first kappa shape index (κ1) is 19.1. The fraction of sp³-hybridized carbons (Fsp3) is 0.696. The van der Waals surface area contributed by atoms with Gasteiger partial charge in [-0.05, 0) is 48.8 Å². The summed E-state index contributed by atoms with van der Waals surface area (Å²) in [5.41, 5.74) is 3.54. The maximum absolute atomic E-state index is 10.9. The Balaban J connectivity index is 1.92. The summed E-state index contributed by atoms with van der Waals surface area (Å²) in [5, 5.41) is 20.1. The Morgan fingerprint density at radius 2 is 2.08 bits per heavy atom. The van der Waals surface area contributed by atoms with Crippen LogP contribution >= 0.6 is 0 Å². The molecule has 2 aliphatic heterocycles. The van der Waals surface area contributed by atoms with Gasteiger partial charge in [-0.25, -0.2) is 0 Å². The molecule has 1 aromatic carbocycles. The van der Waals surface area contributed by atoms with Gasteiger partial charge in [0.15, 0.2) is 0 Å². The molecule has 142 valence electrons. The maximum atomic E-state index is 10.9. The van der Waals surface area contributed by atoms with Gasteiger partial charge in [0.2, 0.25) is 0 Å². The molecule has 0 spiro atoms. The molecule has 0 saturated carbocycles. The minimum absolute atomic E-state index is 0.0671. The normalized spacial score (nSPS) is 22.0. The molecule has 1 saturated heterocycles. The number of phenols is 1. The highest BCUT2D eigenvalue weighted by Gasteiger charge is 2.38. The van der Waals surface area contributed by atoms with Crippen LogP contribution in [-0.4, -0.2) is 17.7 Å². The monoisotopic (exact) mass is 354 g/mol. The lowest BCUT2D eigenvalue weighted by molar-refractivity contribution is 0.422. The highest BCUT2D eigenvalue weighted by atomic mass is 16.3. The van der Waals surface area contributed by atoms with Gasteiger partial charge in [0, 0.05) is 36.2 Å². The van der Waals surface area contributed by atoms with E-state index >= 15 is 0 Å². The summed E-state index contributed by atoms with van der Waals surface area (Å²) >= 11 is 0. The molecule has 3 nitrogen and oxygen atoms in total. The number of fused-ring (bicyclic) bond motifs is 3. The smallest absolute Gasteiger partial charge is 0.121 e. The number of nitriles is 1. The molecular formula is C23H34N2O. The average Bonchev–Trinajstić information content (AvgIpc) is 3.07. The van der Waals surface area contributed by atoms with Gasteiger partial charge in [-0.15, -0.1) is 0 Å². The SMILES string of the molecule is CCCCCCC(C)(C)c1cc(O)c2c(c1)N1CCCC1CC2CC#N. The molecule has 0 aliphatic carbocycles. The molecule has 26 heavy (non-hydrogen) atoms. The van der Waals surface area contributed by atoms with E-state index in [1.54, 1.807) is 0 Å². The van der Waals surface area contributed by atoms with Crippen LogP contribution in [0.25, 0.3) is 0 Å². The molecule has 2 aliphatic rings. The largest absolute Gasteiger partial charge is 0.508 e. The topological polar surface area (TPSA) is 47.3 Å². The van der Waals surface area contributed by atoms with Crippen molar-refractivity contribution in [1.29, 1.82) is 5.26 Å². The van der Waals surface area contributed by atoms with Crippen molar-refractivity contribution >= 4 is 5.69 Å². The van der Waals surface area contributed by atoms with E-state index in [2.05, 4.69) is 37.8 Å². The van der Waals surface area contributed by atoms with E-state index in [1.807, 2.05) is 6.07 Å². The Kier molecular flexibility index (Phi) is 5.80. The third-order valence-corrected chi connectivity index (χ3v) is 6.56. The minimum Gasteiger partial charge on any atom is -0.508 e. The van der Waals surface area contributed by atoms with Crippen LogP contribution in [0.3, 0.4) is 0 Å². The fourth-order valence-electron chi connectivity index (χ4n) is 4.95. The Hall–Kier alpha value is -1.69. The van der Waals surface area contributed by atoms with Crippen molar-refractivity contribution in [1.82, 2.24) is 0 Å². The highest BCUT2D eigenvalue weighted by molar-refractivity contribution is 5.66. The number of aromatic hydroxyl groups is 1. The van der Waals surface area contributed by atoms with Gasteiger partial charge >= 0.3 is 0 Å². The molecule has 0 bridgehead atoms. The summed E-state index contributed by atoms with van der Waals surface area (Å²) in [5.74, 6) is 0.584. The van der Waals surface area contributed by atoms with Crippen molar-refractivity contribution in [2.45, 2.75) is 95.9 Å². The molecular weight excluding hydrogens is 320 g/mol. The van der Waals surface area contributed by atoms with Crippen molar-refractivity contribution in [2.75, 3.05) is 11.4 Å². The van der Waals surface area contributed by atoms with Crippen molar-refractivity contribution in [2.24, 2.45) is 0 Å². The average molecular weight is 355 g/mol. The second-order valence-corrected chi connectivity index (χ2v) is 8.91. The summed E-state index contributed by atoms with van der Waals surface area (Å²) in [6.45, 7) is 7.93. The van der Waals surface area contributed by atoms with E-state index in [9.17, 15) is 10.4 Å². The Morgan fingerprint density at radius 1 is 1.27 bits per heavy atom. The van der Waals surface area contributed by atoms with Crippen LogP contribution in [0.2, 0.25) is 0 Å². The van der Waals surface area contributed by atoms with Crippen LogP contribution in [0.1, 0.15) is 95.6 Å². The highest BCUT2D eigenvalue weighted by Crippen LogP contribution is 2.49. The van der Waals surface area contributed by atoms with E-state index in [0.29, 0.717) is 18.2 Å². The number of unbranched alkanes of at least 4 members (excludes halogenated alkanes) is 3. The molecule has 1 aromatic rings. The number of nitrogens with zero attached hydrogens (tertiary/aromatic N) is 2. The predicted octanol–water partition coefficient (Wildman–Crippen LogP) is 6.01. The van der Waals surface area contributed by atoms with Gasteiger partial charge in [-0.3, -0.25) is 0 Å². The van der Waals surface area contributed by atoms with Gasteiger partial charge in [0.25, 0.3) is 0 Å². The van der Waals surface area contributed by atoms with E-state index in [1.165, 1.54) is 49.8 Å². The van der Waals surface area contributed by atoms with Crippen LogP contribution in [0.4, 0.5) is 5.69 Å². The fourth-order valence-corrected chi connectivity index (χ4v) is 4.95. The van der Waals surface area contributed by atoms with Crippen molar-refractivity contribution < 1.29 is 5.11 Å². The molecule has 0 radical (unpaired) electrons. The molecule has 2 unspecified atom stereocenters. The number of hydrogen-bond acceptors (Lipinski definition) is 3. The van der Waals surface area contributed by atoms with E-state index in [-0.39, 0.29) is 11.3 Å². The van der Waals surface area contributed by atoms with Crippen LogP contribution in [0, 0.1) is 11.3 Å². The first-order valence-corrected chi connectivity index (χ1v) is 10.5. The molecule has 3 rings (SSSR count). The van der Waals surface area contributed by atoms with Crippen LogP contribution in [0.5, 0.6) is 5.75 Å². The van der Waals surface area contributed by atoms with Gasteiger partial charge in [0.05, 0.1) is 6.07 Å². The second-order valence-electron chi connectivity index (χ2n) is 8.91. The lowest BCUT2D eigenvalue weighted by atomic mass is 9.76. The first-order chi connectivity index (χ1) is 12.5. The summed E-state index contributed by atoms with van der Waals surface area (Å²) in [6.07, 6.45) is 10.2. The van der Waals surface area contributed by atoms with Gasteiger partial charge < -0.3 is 10.0 Å². The third kappa shape index (κ3) is 3.70. The standard InChI is InChI=1S/C23H34N2O/c1-4-5-6-7-11-23(2,3)18-15-20-22(21(26)16-18)17(10-12-24)14-19-9-8-13-25(19)20/h15-17,19,26H,4-11,13-14H2,1-3H3. The van der Waals surface area contributed by atoms with Gasteiger partial charge in [-0.1, -0.05) is 46.5 Å². The van der Waals surface area contributed by atoms with Crippen LogP contribution < -0.4 is 4.90 Å². The van der Waals surface area contributed by atoms with E-state index in [4.69, 9.17) is 0 Å². The lowest BCUT2D eigenvalue weighted by Crippen LogP contribution is -2.36. The molecule has 0 amide bonds. The summed E-state index contributed by atoms with van der Waals surface area (Å²) in [6, 6.07) is 7.20. The van der Waals surface area contributed by atoms with Crippen LogP contribution in [-0.2, 0) is 5.41 Å². The molecule has 0 aromatic heterocycles. The van der Waals surface area contributed by atoms with Gasteiger partial charge in [0.1, 0.15) is 5.75 Å². The maximum Gasteiger partial charge on any atom is 0.121 e. The minimum atomic E-state index is 0.0671. The zero-order valence-electron chi connectivity index (χ0n) is 16.7. The quantitative estimate of drug-likeness (QED) is 0.610. The summed E-state index contributed by atoms with van der Waals surface area (Å²) in [4.78, 5) is 2.50. The zero-order valence-corrected chi connectivity index (χ0v) is 16.7. The number of hydrogen-bond donors (Lipinski definition) is 1. The van der Waals surface area contributed by atoms with Crippen LogP contribution in [0.15, 0.2) is 12.1 Å². The lowest BCUT2D eigenvalue weighted by Gasteiger charge is -2.39. The third-order valence-electron chi connectivity index (χ3n) is 6.56.